The highest BCUT2D eigenvalue weighted by molar-refractivity contribution is 5.70. The molecule has 0 bridgehead atoms. The molecule has 0 spiro atoms. The fourth-order valence-electron chi connectivity index (χ4n) is 2.01. The highest BCUT2D eigenvalue weighted by Gasteiger charge is 2.35. The van der Waals surface area contributed by atoms with Gasteiger partial charge in [0.05, 0.1) is 13.7 Å². The molecule has 0 aliphatic carbocycles. The van der Waals surface area contributed by atoms with Gasteiger partial charge < -0.3 is 14.6 Å². The van der Waals surface area contributed by atoms with Crippen LogP contribution in [0.1, 0.15) is 38.1 Å². The number of hydrogen-bond acceptors (Lipinski definition) is 4. The maximum absolute atomic E-state index is 12.0. The van der Waals surface area contributed by atoms with Crippen LogP contribution >= 0.6 is 0 Å². The van der Waals surface area contributed by atoms with E-state index in [1.54, 1.807) is 33.9 Å². The van der Waals surface area contributed by atoms with Gasteiger partial charge in [0.1, 0.15) is 11.4 Å². The molecule has 5 heteroatoms. The monoisotopic (exact) mass is 265 g/mol. The minimum Gasteiger partial charge on any atom is -0.497 e. The predicted octanol–water partition coefficient (Wildman–Crippen LogP) is 2.44. The molecule has 1 aliphatic heterocycles. The molecule has 1 aromatic rings. The summed E-state index contributed by atoms with van der Waals surface area (Å²) in [6, 6.07) is 5.40. The molecule has 0 saturated heterocycles. The number of carbonyl (C=O) groups is 1. The Kier molecular flexibility index (Phi) is 3.41. The van der Waals surface area contributed by atoms with Gasteiger partial charge in [-0.2, -0.15) is 0 Å². The number of benzene rings is 1. The third-order valence-electron chi connectivity index (χ3n) is 2.90. The van der Waals surface area contributed by atoms with E-state index in [4.69, 9.17) is 9.47 Å². The average Bonchev–Trinajstić information content (AvgIpc) is 2.64. The molecule has 1 atom stereocenters. The molecule has 1 amide bonds. The zero-order chi connectivity index (χ0) is 14.2. The Balaban J connectivity index is 2.19. The summed E-state index contributed by atoms with van der Waals surface area (Å²) in [5.41, 5.74) is 1.01. The second kappa shape index (κ2) is 4.74. The first-order valence-corrected chi connectivity index (χ1v) is 6.16. The minimum absolute atomic E-state index is 0.343. The predicted molar refractivity (Wildman–Crippen MR) is 69.7 cm³/mol. The van der Waals surface area contributed by atoms with Crippen LogP contribution in [0, 0.1) is 0 Å². The van der Waals surface area contributed by atoms with E-state index in [1.165, 1.54) is 4.90 Å². The van der Waals surface area contributed by atoms with Crippen molar-refractivity contribution in [1.29, 1.82) is 0 Å². The number of amides is 1. The van der Waals surface area contributed by atoms with Crippen LogP contribution in [-0.2, 0) is 11.3 Å². The summed E-state index contributed by atoms with van der Waals surface area (Å²) in [6.45, 7) is 5.73. The van der Waals surface area contributed by atoms with Gasteiger partial charge in [-0.1, -0.05) is 6.07 Å². The number of methoxy groups -OCH3 is 1. The first-order valence-electron chi connectivity index (χ1n) is 6.16. The van der Waals surface area contributed by atoms with Gasteiger partial charge in [-0.3, -0.25) is 4.90 Å². The number of carbonyl (C=O) groups excluding carboxylic acids is 1. The molecular weight excluding hydrogens is 246 g/mol. The second-order valence-electron chi connectivity index (χ2n) is 5.55. The lowest BCUT2D eigenvalue weighted by Crippen LogP contribution is -2.35. The maximum atomic E-state index is 12.0. The standard InChI is InChI=1S/C14H19NO4/c1-14(2,3)19-13(17)15-8-9-5-6-10(18-4)7-11(9)12(15)16/h5-7,12,16H,8H2,1-4H3. The van der Waals surface area contributed by atoms with Gasteiger partial charge in [0.15, 0.2) is 6.23 Å². The van der Waals surface area contributed by atoms with Crippen LogP contribution in [0.5, 0.6) is 5.75 Å². The van der Waals surface area contributed by atoms with Gasteiger partial charge >= 0.3 is 6.09 Å². The molecule has 5 nitrogen and oxygen atoms in total. The third kappa shape index (κ3) is 2.81. The van der Waals surface area contributed by atoms with Crippen LogP contribution in [-0.4, -0.2) is 28.8 Å². The summed E-state index contributed by atoms with van der Waals surface area (Å²) >= 11 is 0. The molecule has 0 aromatic heterocycles. The van der Waals surface area contributed by atoms with E-state index in [9.17, 15) is 9.90 Å². The van der Waals surface area contributed by atoms with E-state index in [-0.39, 0.29) is 0 Å². The lowest BCUT2D eigenvalue weighted by atomic mass is 10.1. The third-order valence-corrected chi connectivity index (χ3v) is 2.90. The summed E-state index contributed by atoms with van der Waals surface area (Å²) in [4.78, 5) is 13.3. The lowest BCUT2D eigenvalue weighted by molar-refractivity contribution is -0.0258. The molecule has 104 valence electrons. The molecule has 0 saturated carbocycles. The van der Waals surface area contributed by atoms with Crippen molar-refractivity contribution < 1.29 is 19.4 Å². The van der Waals surface area contributed by atoms with Gasteiger partial charge in [0, 0.05) is 5.56 Å². The quantitative estimate of drug-likeness (QED) is 0.847. The van der Waals surface area contributed by atoms with Gasteiger partial charge in [0.2, 0.25) is 0 Å². The Labute approximate surface area is 112 Å². The molecular formula is C14H19NO4. The second-order valence-corrected chi connectivity index (χ2v) is 5.55. The Bertz CT molecular complexity index is 493. The SMILES string of the molecule is COc1ccc2c(c1)C(O)N(C(=O)OC(C)(C)C)C2. The molecule has 1 unspecified atom stereocenters. The Morgan fingerprint density at radius 3 is 2.68 bits per heavy atom. The van der Waals surface area contributed by atoms with Crippen molar-refractivity contribution >= 4 is 6.09 Å². The summed E-state index contributed by atoms with van der Waals surface area (Å²) in [5, 5.41) is 10.2. The largest absolute Gasteiger partial charge is 0.497 e. The van der Waals surface area contributed by atoms with Crippen molar-refractivity contribution in [2.75, 3.05) is 7.11 Å². The average molecular weight is 265 g/mol. The summed E-state index contributed by atoms with van der Waals surface area (Å²) in [7, 11) is 1.56. The fraction of sp³-hybridized carbons (Fsp3) is 0.500. The van der Waals surface area contributed by atoms with E-state index in [1.807, 2.05) is 12.1 Å². The van der Waals surface area contributed by atoms with E-state index in [2.05, 4.69) is 0 Å². The van der Waals surface area contributed by atoms with Crippen LogP contribution in [0.25, 0.3) is 0 Å². The summed E-state index contributed by atoms with van der Waals surface area (Å²) < 4.78 is 10.4. The smallest absolute Gasteiger partial charge is 0.412 e. The summed E-state index contributed by atoms with van der Waals surface area (Å²) in [6.07, 6.45) is -1.50. The van der Waals surface area contributed by atoms with E-state index in [0.29, 0.717) is 17.9 Å². The van der Waals surface area contributed by atoms with Crippen molar-refractivity contribution in [3.05, 3.63) is 29.3 Å². The van der Waals surface area contributed by atoms with Crippen LogP contribution in [0.3, 0.4) is 0 Å². The number of rotatable bonds is 1. The number of hydrogen-bond donors (Lipinski definition) is 1. The van der Waals surface area contributed by atoms with E-state index in [0.717, 1.165) is 5.56 Å². The maximum Gasteiger partial charge on any atom is 0.412 e. The molecule has 1 heterocycles. The molecule has 19 heavy (non-hydrogen) atoms. The van der Waals surface area contributed by atoms with Crippen LogP contribution in [0.4, 0.5) is 4.79 Å². The van der Waals surface area contributed by atoms with Gasteiger partial charge in [0.25, 0.3) is 0 Å². The molecule has 0 radical (unpaired) electrons. The first kappa shape index (κ1) is 13.7. The number of nitrogens with zero attached hydrogens (tertiary/aromatic N) is 1. The van der Waals surface area contributed by atoms with Crippen molar-refractivity contribution in [2.45, 2.75) is 39.1 Å². The summed E-state index contributed by atoms with van der Waals surface area (Å²) in [5.74, 6) is 0.656. The highest BCUT2D eigenvalue weighted by Crippen LogP contribution is 2.35. The molecule has 1 aliphatic rings. The number of aliphatic hydroxyl groups excluding tert-OH is 1. The molecule has 0 fully saturated rings. The zero-order valence-electron chi connectivity index (χ0n) is 11.6. The number of fused-ring (bicyclic) bond motifs is 1. The fourth-order valence-corrected chi connectivity index (χ4v) is 2.01. The first-order chi connectivity index (χ1) is 8.81. The molecule has 1 aromatic carbocycles. The van der Waals surface area contributed by atoms with Crippen LogP contribution < -0.4 is 4.74 Å². The van der Waals surface area contributed by atoms with Crippen molar-refractivity contribution in [1.82, 2.24) is 4.90 Å². The normalized spacial score (nSPS) is 18.2. The van der Waals surface area contributed by atoms with Crippen molar-refractivity contribution in [3.8, 4) is 5.75 Å². The number of ether oxygens (including phenoxy) is 2. The van der Waals surface area contributed by atoms with Crippen molar-refractivity contribution in [3.63, 3.8) is 0 Å². The topological polar surface area (TPSA) is 59.0 Å². The number of aliphatic hydroxyl groups is 1. The Morgan fingerprint density at radius 2 is 2.11 bits per heavy atom. The van der Waals surface area contributed by atoms with Gasteiger partial charge in [-0.15, -0.1) is 0 Å². The Hall–Kier alpha value is -1.75. The molecule has 2 rings (SSSR count). The lowest BCUT2D eigenvalue weighted by Gasteiger charge is -2.26. The van der Waals surface area contributed by atoms with Crippen LogP contribution in [0.15, 0.2) is 18.2 Å². The molecule has 1 N–H and O–H groups in total. The van der Waals surface area contributed by atoms with Crippen molar-refractivity contribution in [2.24, 2.45) is 0 Å². The Morgan fingerprint density at radius 1 is 1.42 bits per heavy atom. The highest BCUT2D eigenvalue weighted by atomic mass is 16.6. The van der Waals surface area contributed by atoms with Gasteiger partial charge in [-0.05, 0) is 38.5 Å². The van der Waals surface area contributed by atoms with E-state index < -0.39 is 17.9 Å². The minimum atomic E-state index is -0.986. The van der Waals surface area contributed by atoms with E-state index >= 15 is 0 Å². The zero-order valence-corrected chi connectivity index (χ0v) is 11.6. The van der Waals surface area contributed by atoms with Crippen LogP contribution in [0.2, 0.25) is 0 Å². The van der Waals surface area contributed by atoms with Gasteiger partial charge in [-0.25, -0.2) is 4.79 Å².